The molecule has 2 rings (SSSR count). The predicted molar refractivity (Wildman–Crippen MR) is 73.2 cm³/mol. The van der Waals surface area contributed by atoms with Gasteiger partial charge in [0.1, 0.15) is 3.57 Å². The molecule has 0 saturated carbocycles. The molecule has 1 heterocycles. The lowest BCUT2D eigenvalue weighted by molar-refractivity contribution is 0.629. The van der Waals surface area contributed by atoms with Crippen LogP contribution < -0.4 is 5.56 Å². The predicted octanol–water partition coefficient (Wildman–Crippen LogP) is 2.40. The van der Waals surface area contributed by atoms with Crippen molar-refractivity contribution >= 4 is 22.6 Å². The highest BCUT2D eigenvalue weighted by Gasteiger charge is 2.13. The van der Waals surface area contributed by atoms with Gasteiger partial charge in [-0.2, -0.15) is 0 Å². The highest BCUT2D eigenvalue weighted by Crippen LogP contribution is 2.12. The summed E-state index contributed by atoms with van der Waals surface area (Å²) in [4.78, 5) is 12.1. The van der Waals surface area contributed by atoms with E-state index < -0.39 is 0 Å². The second kappa shape index (κ2) is 4.08. The zero-order chi connectivity index (χ0) is 11.9. The van der Waals surface area contributed by atoms with Crippen molar-refractivity contribution < 1.29 is 0 Å². The second-order valence-corrected chi connectivity index (χ2v) is 4.96. The summed E-state index contributed by atoms with van der Waals surface area (Å²) in [5.41, 5.74) is 3.11. The molecular formula is C12H13IN2O. The monoisotopic (exact) mass is 328 g/mol. The van der Waals surface area contributed by atoms with Crippen LogP contribution in [0.15, 0.2) is 29.1 Å². The van der Waals surface area contributed by atoms with Gasteiger partial charge in [-0.3, -0.25) is 9.48 Å². The Hall–Kier alpha value is -1.04. The molecule has 2 aromatic rings. The lowest BCUT2D eigenvalue weighted by Gasteiger charge is -2.08. The van der Waals surface area contributed by atoms with Crippen molar-refractivity contribution in [2.45, 2.75) is 13.8 Å². The molecule has 0 aliphatic carbocycles. The number of halogens is 1. The third-order valence-corrected chi connectivity index (χ3v) is 3.97. The van der Waals surface area contributed by atoms with Crippen LogP contribution in [-0.2, 0) is 7.05 Å². The first kappa shape index (κ1) is 11.4. The minimum absolute atomic E-state index is 0.0474. The summed E-state index contributed by atoms with van der Waals surface area (Å²) in [7, 11) is 1.90. The van der Waals surface area contributed by atoms with E-state index in [1.807, 2.05) is 49.8 Å². The number of hydrogen-bond donors (Lipinski definition) is 0. The molecule has 0 aliphatic heterocycles. The van der Waals surface area contributed by atoms with Crippen molar-refractivity contribution in [2.24, 2.45) is 7.05 Å². The molecule has 0 unspecified atom stereocenters. The van der Waals surface area contributed by atoms with E-state index in [1.54, 1.807) is 4.68 Å². The Bertz CT molecular complexity index is 596. The Balaban J connectivity index is 2.75. The van der Waals surface area contributed by atoms with Crippen molar-refractivity contribution in [1.29, 1.82) is 0 Å². The lowest BCUT2D eigenvalue weighted by Crippen LogP contribution is -2.20. The van der Waals surface area contributed by atoms with Gasteiger partial charge in [-0.25, -0.2) is 4.68 Å². The summed E-state index contributed by atoms with van der Waals surface area (Å²) in [5, 5.41) is 0. The van der Waals surface area contributed by atoms with Crippen molar-refractivity contribution in [3.8, 4) is 5.69 Å². The first-order valence-electron chi connectivity index (χ1n) is 5.03. The summed E-state index contributed by atoms with van der Waals surface area (Å²) in [6.45, 7) is 3.98. The Morgan fingerprint density at radius 2 is 1.94 bits per heavy atom. The lowest BCUT2D eigenvalue weighted by atomic mass is 10.2. The smallest absolute Gasteiger partial charge is 0.284 e. The largest absolute Gasteiger partial charge is 0.285 e. The van der Waals surface area contributed by atoms with E-state index in [9.17, 15) is 4.79 Å². The van der Waals surface area contributed by atoms with Gasteiger partial charge in [-0.1, -0.05) is 12.1 Å². The highest BCUT2D eigenvalue weighted by atomic mass is 127. The normalized spacial score (nSPS) is 10.8. The fraction of sp³-hybridized carbons (Fsp3) is 0.250. The number of aromatic nitrogens is 2. The zero-order valence-electron chi connectivity index (χ0n) is 9.49. The molecule has 0 atom stereocenters. The van der Waals surface area contributed by atoms with Gasteiger partial charge in [0.25, 0.3) is 5.56 Å². The van der Waals surface area contributed by atoms with Crippen LogP contribution in [0, 0.1) is 17.4 Å². The van der Waals surface area contributed by atoms with E-state index in [0.717, 1.165) is 20.5 Å². The number of hydrogen-bond acceptors (Lipinski definition) is 1. The van der Waals surface area contributed by atoms with E-state index in [4.69, 9.17) is 0 Å². The minimum atomic E-state index is 0.0474. The molecule has 4 heteroatoms. The van der Waals surface area contributed by atoms with Gasteiger partial charge in [-0.15, -0.1) is 0 Å². The molecule has 1 aromatic carbocycles. The van der Waals surface area contributed by atoms with E-state index in [1.165, 1.54) is 0 Å². The molecule has 0 N–H and O–H groups in total. The number of rotatable bonds is 1. The summed E-state index contributed by atoms with van der Waals surface area (Å²) in [5.74, 6) is 0. The van der Waals surface area contributed by atoms with Gasteiger partial charge in [0.15, 0.2) is 0 Å². The molecule has 0 fully saturated rings. The average molecular weight is 328 g/mol. The molecule has 0 bridgehead atoms. The Kier molecular flexibility index (Phi) is 2.92. The van der Waals surface area contributed by atoms with Crippen LogP contribution in [0.1, 0.15) is 11.3 Å². The Morgan fingerprint density at radius 3 is 2.44 bits per heavy atom. The van der Waals surface area contributed by atoms with Crippen LogP contribution in [0.5, 0.6) is 0 Å². The number of benzene rings is 1. The van der Waals surface area contributed by atoms with Crippen molar-refractivity contribution in [3.05, 3.63) is 49.4 Å². The van der Waals surface area contributed by atoms with Crippen LogP contribution >= 0.6 is 22.6 Å². The van der Waals surface area contributed by atoms with Crippen molar-refractivity contribution in [3.63, 3.8) is 0 Å². The maximum absolute atomic E-state index is 12.1. The molecule has 0 radical (unpaired) electrons. The summed E-state index contributed by atoms with van der Waals surface area (Å²) < 4.78 is 4.37. The van der Waals surface area contributed by atoms with Crippen LogP contribution in [0.25, 0.3) is 5.69 Å². The summed E-state index contributed by atoms with van der Waals surface area (Å²) >= 11 is 2.10. The van der Waals surface area contributed by atoms with Crippen LogP contribution in [0.4, 0.5) is 0 Å². The zero-order valence-corrected chi connectivity index (χ0v) is 11.6. The van der Waals surface area contributed by atoms with E-state index >= 15 is 0 Å². The molecule has 0 amide bonds. The van der Waals surface area contributed by atoms with Crippen LogP contribution in [-0.4, -0.2) is 9.36 Å². The maximum Gasteiger partial charge on any atom is 0.285 e. The SMILES string of the molecule is Cc1cccc(-n2c(=O)c(I)c(C)n2C)c1. The number of aryl methyl sites for hydroxylation is 1. The van der Waals surface area contributed by atoms with Gasteiger partial charge < -0.3 is 0 Å². The average Bonchev–Trinajstić information content (AvgIpc) is 2.44. The van der Waals surface area contributed by atoms with Crippen molar-refractivity contribution in [1.82, 2.24) is 9.36 Å². The standard InChI is InChI=1S/C12H13IN2O/c1-8-5-4-6-10(7-8)15-12(16)11(13)9(2)14(15)3/h4-7H,1-3H3. The van der Waals surface area contributed by atoms with Crippen LogP contribution in [0.2, 0.25) is 0 Å². The van der Waals surface area contributed by atoms with Gasteiger partial charge in [0, 0.05) is 7.05 Å². The fourth-order valence-electron chi connectivity index (χ4n) is 1.73. The minimum Gasteiger partial charge on any atom is -0.284 e. The topological polar surface area (TPSA) is 26.9 Å². The van der Waals surface area contributed by atoms with Gasteiger partial charge >= 0.3 is 0 Å². The molecule has 16 heavy (non-hydrogen) atoms. The quantitative estimate of drug-likeness (QED) is 0.739. The first-order chi connectivity index (χ1) is 7.52. The molecule has 0 saturated heterocycles. The molecular weight excluding hydrogens is 315 g/mol. The van der Waals surface area contributed by atoms with E-state index in [-0.39, 0.29) is 5.56 Å². The summed E-state index contributed by atoms with van der Waals surface area (Å²) in [6, 6.07) is 7.95. The molecule has 0 spiro atoms. The molecule has 84 valence electrons. The van der Waals surface area contributed by atoms with E-state index in [0.29, 0.717) is 0 Å². The number of nitrogens with zero attached hydrogens (tertiary/aromatic N) is 2. The summed E-state index contributed by atoms with van der Waals surface area (Å²) in [6.07, 6.45) is 0. The second-order valence-electron chi connectivity index (χ2n) is 3.88. The van der Waals surface area contributed by atoms with Crippen molar-refractivity contribution in [2.75, 3.05) is 0 Å². The molecule has 3 nitrogen and oxygen atoms in total. The van der Waals surface area contributed by atoms with Crippen LogP contribution in [0.3, 0.4) is 0 Å². The Morgan fingerprint density at radius 1 is 1.25 bits per heavy atom. The third-order valence-electron chi connectivity index (χ3n) is 2.73. The third kappa shape index (κ3) is 1.71. The fourth-order valence-corrected chi connectivity index (χ4v) is 2.30. The maximum atomic E-state index is 12.1. The Labute approximate surface area is 108 Å². The van der Waals surface area contributed by atoms with Gasteiger partial charge in [0.2, 0.25) is 0 Å². The first-order valence-corrected chi connectivity index (χ1v) is 6.11. The van der Waals surface area contributed by atoms with E-state index in [2.05, 4.69) is 22.6 Å². The molecule has 0 aliphatic rings. The highest BCUT2D eigenvalue weighted by molar-refractivity contribution is 14.1. The van der Waals surface area contributed by atoms with Gasteiger partial charge in [0.05, 0.1) is 11.4 Å². The molecule has 1 aromatic heterocycles. The van der Waals surface area contributed by atoms with Gasteiger partial charge in [-0.05, 0) is 54.1 Å².